The monoisotopic (exact) mass is 1030 g/mol. The fraction of sp³-hybridized carbons (Fsp3) is 0.733. The zero-order chi connectivity index (χ0) is 53.9. The molecule has 2 aliphatic rings. The Kier molecular flexibility index (Phi) is 25.2. The van der Waals surface area contributed by atoms with Crippen LogP contribution in [0.1, 0.15) is 112 Å². The Morgan fingerprint density at radius 3 is 1.59 bits per heavy atom. The van der Waals surface area contributed by atoms with E-state index >= 15 is 0 Å². The minimum absolute atomic E-state index is 0.0538. The van der Waals surface area contributed by atoms with Crippen LogP contribution in [-0.4, -0.2) is 176 Å². The number of hydrogen-bond donors (Lipinski definition) is 11. The van der Waals surface area contributed by atoms with Crippen molar-refractivity contribution in [2.75, 3.05) is 25.1 Å². The van der Waals surface area contributed by atoms with Gasteiger partial charge >= 0.3 is 17.9 Å². The van der Waals surface area contributed by atoms with Crippen molar-refractivity contribution in [1.82, 2.24) is 41.7 Å². The van der Waals surface area contributed by atoms with Crippen molar-refractivity contribution in [3.63, 3.8) is 0 Å². The van der Waals surface area contributed by atoms with Crippen molar-refractivity contribution in [1.29, 1.82) is 0 Å². The van der Waals surface area contributed by atoms with Gasteiger partial charge in [0.2, 0.25) is 53.2 Å². The lowest BCUT2D eigenvalue weighted by Gasteiger charge is -2.34. The number of carbonyl (C=O) groups excluding carboxylic acids is 9. The second-order valence-corrected chi connectivity index (χ2v) is 19.4. The number of carboxylic acids is 3. The van der Waals surface area contributed by atoms with E-state index in [9.17, 15) is 67.7 Å². The van der Waals surface area contributed by atoms with Crippen LogP contribution in [0.3, 0.4) is 0 Å². The van der Waals surface area contributed by atoms with E-state index in [1.54, 1.807) is 41.5 Å². The summed E-state index contributed by atoms with van der Waals surface area (Å²) in [5.74, 6) is -12.9. The minimum atomic E-state index is -1.67. The molecule has 2 heterocycles. The molecule has 400 valence electrons. The maximum absolute atomic E-state index is 14.4. The lowest BCUT2D eigenvalue weighted by molar-refractivity contribution is -0.146. The summed E-state index contributed by atoms with van der Waals surface area (Å²) in [6.07, 6.45) is 1.18. The number of hydrogen-bond acceptors (Lipinski definition) is 14. The van der Waals surface area contributed by atoms with Crippen molar-refractivity contribution < 1.29 is 72.9 Å². The molecule has 2 saturated heterocycles. The third-order valence-electron chi connectivity index (χ3n) is 12.8. The van der Waals surface area contributed by atoms with Crippen LogP contribution in [0.5, 0.6) is 0 Å². The summed E-state index contributed by atoms with van der Waals surface area (Å²) >= 11 is 1.45. The number of amides is 9. The third-order valence-corrected chi connectivity index (χ3v) is 13.4. The van der Waals surface area contributed by atoms with E-state index in [0.29, 0.717) is 31.4 Å². The Morgan fingerprint density at radius 1 is 0.592 bits per heavy atom. The van der Waals surface area contributed by atoms with E-state index in [1.165, 1.54) is 21.6 Å². The molecule has 26 heteroatoms. The summed E-state index contributed by atoms with van der Waals surface area (Å²) in [5, 5.41) is 43.2. The van der Waals surface area contributed by atoms with Gasteiger partial charge in [-0.2, -0.15) is 11.8 Å². The molecule has 2 aliphatic heterocycles. The Bertz CT molecular complexity index is 1960. The normalized spacial score (nSPS) is 19.3. The Labute approximate surface area is 417 Å². The first-order chi connectivity index (χ1) is 33.3. The number of carbonyl (C=O) groups is 12. The molecule has 2 rings (SSSR count). The number of carboxylic acid groups (broad SMARTS) is 3. The SMILES string of the molecule is CC[C@H](C)[C@H](NC(=O)[C@H](CC(N)=O)NC(=O)[C@@H]1CCCN1C(=O)[C@@H](NC(=O)[C@@H](NC(=O)[C@@H]1CCCN1C(=O)[C@H](CC(=O)O)NC(=O)[C@@H](N)CCSC)C(C)C)[C@@H](C)CC)C(=O)N[C@@H](CCC(=O)O)C(=O)O. The number of rotatable bonds is 30. The number of nitrogens with two attached hydrogens (primary N) is 2. The maximum Gasteiger partial charge on any atom is 0.326 e. The zero-order valence-electron chi connectivity index (χ0n) is 41.5. The number of aliphatic carboxylic acids is 3. The second-order valence-electron chi connectivity index (χ2n) is 18.5. The van der Waals surface area contributed by atoms with E-state index in [1.807, 2.05) is 6.26 Å². The Balaban J connectivity index is 2.31. The lowest BCUT2D eigenvalue weighted by atomic mass is 9.95. The smallest absolute Gasteiger partial charge is 0.326 e. The van der Waals surface area contributed by atoms with Crippen LogP contribution in [0, 0.1) is 17.8 Å². The second kappa shape index (κ2) is 29.3. The molecule has 25 nitrogen and oxygen atoms in total. The largest absolute Gasteiger partial charge is 0.481 e. The molecule has 0 aromatic carbocycles. The molecule has 11 atom stereocenters. The molecule has 71 heavy (non-hydrogen) atoms. The van der Waals surface area contributed by atoms with Crippen LogP contribution in [0.25, 0.3) is 0 Å². The molecule has 0 radical (unpaired) electrons. The standard InChI is InChI=1S/C45H74N10O15S/c1-8-23(5)35(42(66)48-26(45(69)70)14-15-32(57)58)52-38(62)27(20-31(47)56)49-39(63)29-12-11-18-55(29)44(68)36(24(6)9-2)53-41(65)34(22(3)4)51-40(64)30-13-10-17-54(30)43(67)28(21-33(59)60)50-37(61)25(46)16-19-71-7/h22-30,34-36H,8-21,46H2,1-7H3,(H2,47,56)(H,48,66)(H,49,63)(H,50,61)(H,51,64)(H,52,62)(H,53,65)(H,57,58)(H,59,60)(H,69,70)/t23-,24-,25-,26-,27-,28-,29-,30-,34-,35-,36-/m0/s1. The summed E-state index contributed by atoms with van der Waals surface area (Å²) in [4.78, 5) is 159. The molecule has 0 aromatic heterocycles. The van der Waals surface area contributed by atoms with Gasteiger partial charge < -0.3 is 68.5 Å². The van der Waals surface area contributed by atoms with Crippen molar-refractivity contribution in [3.05, 3.63) is 0 Å². The van der Waals surface area contributed by atoms with Gasteiger partial charge in [0.15, 0.2) is 0 Å². The molecule has 0 aliphatic carbocycles. The summed E-state index contributed by atoms with van der Waals surface area (Å²) in [7, 11) is 0. The molecular weight excluding hydrogens is 953 g/mol. The maximum atomic E-state index is 14.4. The third kappa shape index (κ3) is 18.6. The van der Waals surface area contributed by atoms with E-state index in [-0.39, 0.29) is 32.4 Å². The van der Waals surface area contributed by atoms with Crippen LogP contribution in [0.15, 0.2) is 0 Å². The average molecular weight is 1030 g/mol. The fourth-order valence-electron chi connectivity index (χ4n) is 8.15. The first-order valence-electron chi connectivity index (χ1n) is 23.9. The van der Waals surface area contributed by atoms with Gasteiger partial charge in [0, 0.05) is 19.5 Å². The highest BCUT2D eigenvalue weighted by Crippen LogP contribution is 2.24. The number of nitrogens with zero attached hydrogens (tertiary/aromatic N) is 2. The van der Waals surface area contributed by atoms with Crippen molar-refractivity contribution in [3.8, 4) is 0 Å². The lowest BCUT2D eigenvalue weighted by Crippen LogP contribution is -2.62. The van der Waals surface area contributed by atoms with Gasteiger partial charge in [-0.3, -0.25) is 52.7 Å². The average Bonchev–Trinajstić information content (AvgIpc) is 4.01. The van der Waals surface area contributed by atoms with Gasteiger partial charge in [-0.15, -0.1) is 0 Å². The molecule has 0 unspecified atom stereocenters. The van der Waals surface area contributed by atoms with Crippen LogP contribution in [0.4, 0.5) is 0 Å². The van der Waals surface area contributed by atoms with Crippen LogP contribution >= 0.6 is 11.8 Å². The minimum Gasteiger partial charge on any atom is -0.481 e. The first-order valence-corrected chi connectivity index (χ1v) is 25.3. The van der Waals surface area contributed by atoms with Gasteiger partial charge in [-0.25, -0.2) is 4.79 Å². The highest BCUT2D eigenvalue weighted by Gasteiger charge is 2.44. The van der Waals surface area contributed by atoms with Crippen LogP contribution in [0.2, 0.25) is 0 Å². The van der Waals surface area contributed by atoms with Crippen LogP contribution in [-0.2, 0) is 57.5 Å². The number of primary amides is 1. The van der Waals surface area contributed by atoms with Gasteiger partial charge in [-0.1, -0.05) is 54.4 Å². The van der Waals surface area contributed by atoms with E-state index in [2.05, 4.69) is 31.9 Å². The predicted octanol–water partition coefficient (Wildman–Crippen LogP) is -1.99. The predicted molar refractivity (Wildman–Crippen MR) is 256 cm³/mol. The quantitative estimate of drug-likeness (QED) is 0.0371. The molecule has 0 bridgehead atoms. The van der Waals surface area contributed by atoms with E-state index < -0.39 is 169 Å². The molecule has 0 saturated carbocycles. The Morgan fingerprint density at radius 2 is 1.10 bits per heavy atom. The molecular formula is C45H74N10O15S. The topological polar surface area (TPSA) is 396 Å². The van der Waals surface area contributed by atoms with Crippen molar-refractivity contribution >= 4 is 82.8 Å². The summed E-state index contributed by atoms with van der Waals surface area (Å²) < 4.78 is 0. The van der Waals surface area contributed by atoms with Crippen molar-refractivity contribution in [2.45, 2.75) is 167 Å². The van der Waals surface area contributed by atoms with Crippen LogP contribution < -0.4 is 43.4 Å². The van der Waals surface area contributed by atoms with Gasteiger partial charge in [-0.05, 0) is 68.3 Å². The summed E-state index contributed by atoms with van der Waals surface area (Å²) in [6.45, 7) is 10.1. The van der Waals surface area contributed by atoms with Gasteiger partial charge in [0.05, 0.1) is 18.9 Å². The van der Waals surface area contributed by atoms with Crippen molar-refractivity contribution in [2.24, 2.45) is 29.2 Å². The van der Waals surface area contributed by atoms with E-state index in [4.69, 9.17) is 16.6 Å². The summed E-state index contributed by atoms with van der Waals surface area (Å²) in [6, 6.07) is -12.0. The Hall–Kier alpha value is -6.05. The van der Waals surface area contributed by atoms with Gasteiger partial charge in [0.25, 0.3) is 0 Å². The highest BCUT2D eigenvalue weighted by molar-refractivity contribution is 7.98. The zero-order valence-corrected chi connectivity index (χ0v) is 42.3. The van der Waals surface area contributed by atoms with E-state index in [0.717, 1.165) is 0 Å². The number of thioether (sulfide) groups is 1. The fourth-order valence-corrected chi connectivity index (χ4v) is 8.64. The first kappa shape index (κ1) is 61.1. The highest BCUT2D eigenvalue weighted by atomic mass is 32.2. The van der Waals surface area contributed by atoms with Gasteiger partial charge in [0.1, 0.15) is 48.3 Å². The molecule has 2 fully saturated rings. The molecule has 0 aromatic rings. The number of nitrogens with one attached hydrogen (secondary N) is 6. The number of likely N-dealkylation sites (tertiary alicyclic amines) is 2. The summed E-state index contributed by atoms with van der Waals surface area (Å²) in [5.41, 5.74) is 11.4. The molecule has 9 amide bonds. The molecule has 0 spiro atoms. The molecule has 13 N–H and O–H groups in total.